The second kappa shape index (κ2) is 7.35. The lowest BCUT2D eigenvalue weighted by atomic mass is 10.2. The van der Waals surface area contributed by atoms with Crippen molar-refractivity contribution in [1.82, 2.24) is 0 Å². The predicted octanol–water partition coefficient (Wildman–Crippen LogP) is 2.19. The summed E-state index contributed by atoms with van der Waals surface area (Å²) in [5, 5.41) is 8.54. The van der Waals surface area contributed by atoms with Crippen LogP contribution in [0.5, 0.6) is 0 Å². The molecular weight excluding hydrogens is 178 g/mol. The molecule has 3 heteroatoms. The molecule has 0 aliphatic rings. The van der Waals surface area contributed by atoms with E-state index in [-0.39, 0.29) is 6.61 Å². The maximum atomic E-state index is 8.54. The number of rotatable bonds is 7. The summed E-state index contributed by atoms with van der Waals surface area (Å²) >= 11 is 0. The topological polar surface area (TPSA) is 41.5 Å². The van der Waals surface area contributed by atoms with E-state index in [1.807, 2.05) is 30.3 Å². The van der Waals surface area contributed by atoms with Gasteiger partial charge >= 0.3 is 0 Å². The number of unbranched alkanes of at least 4 members (excludes halogenated alkanes) is 2. The molecule has 0 aliphatic carbocycles. The van der Waals surface area contributed by atoms with Gasteiger partial charge in [-0.05, 0) is 31.4 Å². The normalized spacial score (nSPS) is 10.1. The standard InChI is InChI=1S/C11H17NO2/c13-9-5-2-6-10-14-12-11-7-3-1-4-8-11/h1,3-4,7-8,12-13H,2,5-6,9-10H2. The fourth-order valence-electron chi connectivity index (χ4n) is 1.10. The van der Waals surface area contributed by atoms with Gasteiger partial charge in [-0.3, -0.25) is 10.3 Å². The van der Waals surface area contributed by atoms with E-state index in [9.17, 15) is 0 Å². The van der Waals surface area contributed by atoms with Crippen molar-refractivity contribution in [1.29, 1.82) is 0 Å². The average Bonchev–Trinajstić information content (AvgIpc) is 2.25. The van der Waals surface area contributed by atoms with Gasteiger partial charge in [-0.1, -0.05) is 18.2 Å². The van der Waals surface area contributed by atoms with Crippen molar-refractivity contribution in [2.24, 2.45) is 0 Å². The van der Waals surface area contributed by atoms with Crippen molar-refractivity contribution >= 4 is 5.69 Å². The molecule has 0 amide bonds. The van der Waals surface area contributed by atoms with Crippen LogP contribution in [0.2, 0.25) is 0 Å². The smallest absolute Gasteiger partial charge is 0.0746 e. The largest absolute Gasteiger partial charge is 0.396 e. The number of benzene rings is 1. The van der Waals surface area contributed by atoms with Gasteiger partial charge in [0, 0.05) is 6.61 Å². The molecule has 3 nitrogen and oxygen atoms in total. The Labute approximate surface area is 84.7 Å². The lowest BCUT2D eigenvalue weighted by Gasteiger charge is -2.05. The van der Waals surface area contributed by atoms with Crippen molar-refractivity contribution in [2.75, 3.05) is 18.7 Å². The van der Waals surface area contributed by atoms with E-state index in [4.69, 9.17) is 9.94 Å². The Morgan fingerprint density at radius 2 is 1.86 bits per heavy atom. The molecule has 0 fully saturated rings. The Balaban J connectivity index is 1.99. The van der Waals surface area contributed by atoms with Crippen molar-refractivity contribution in [3.63, 3.8) is 0 Å². The summed E-state index contributed by atoms with van der Waals surface area (Å²) in [4.78, 5) is 5.23. The van der Waals surface area contributed by atoms with Gasteiger partial charge in [0.2, 0.25) is 0 Å². The summed E-state index contributed by atoms with van der Waals surface area (Å²) < 4.78 is 0. The van der Waals surface area contributed by atoms with Gasteiger partial charge in [0.15, 0.2) is 0 Å². The van der Waals surface area contributed by atoms with E-state index in [1.54, 1.807) is 0 Å². The summed E-state index contributed by atoms with van der Waals surface area (Å²) in [6.45, 7) is 0.945. The molecule has 0 unspecified atom stereocenters. The molecule has 78 valence electrons. The highest BCUT2D eigenvalue weighted by Crippen LogP contribution is 2.05. The van der Waals surface area contributed by atoms with Gasteiger partial charge in [0.05, 0.1) is 12.3 Å². The van der Waals surface area contributed by atoms with E-state index in [0.29, 0.717) is 6.61 Å². The van der Waals surface area contributed by atoms with Gasteiger partial charge in [-0.2, -0.15) is 0 Å². The summed E-state index contributed by atoms with van der Waals surface area (Å²) in [6, 6.07) is 9.78. The lowest BCUT2D eigenvalue weighted by molar-refractivity contribution is 0.184. The Bertz CT molecular complexity index is 226. The number of aliphatic hydroxyl groups excluding tert-OH is 1. The highest BCUT2D eigenvalue weighted by Gasteiger charge is 1.90. The molecule has 0 aliphatic heterocycles. The van der Waals surface area contributed by atoms with Crippen molar-refractivity contribution in [3.8, 4) is 0 Å². The molecule has 1 aromatic rings. The van der Waals surface area contributed by atoms with E-state index in [0.717, 1.165) is 24.9 Å². The van der Waals surface area contributed by atoms with Crippen LogP contribution >= 0.6 is 0 Å². The maximum absolute atomic E-state index is 8.54. The highest BCUT2D eigenvalue weighted by molar-refractivity contribution is 5.39. The molecule has 1 aromatic carbocycles. The second-order valence-electron chi connectivity index (χ2n) is 3.10. The molecule has 0 saturated carbocycles. The molecule has 0 heterocycles. The number of hydrogen-bond acceptors (Lipinski definition) is 3. The van der Waals surface area contributed by atoms with Crippen LogP contribution in [0, 0.1) is 0 Å². The molecule has 2 N–H and O–H groups in total. The Kier molecular flexibility index (Phi) is 5.79. The molecule has 0 atom stereocenters. The molecule has 1 rings (SSSR count). The second-order valence-corrected chi connectivity index (χ2v) is 3.10. The Morgan fingerprint density at radius 3 is 2.57 bits per heavy atom. The summed E-state index contributed by atoms with van der Waals surface area (Å²) in [5.74, 6) is 0. The first-order valence-corrected chi connectivity index (χ1v) is 4.97. The van der Waals surface area contributed by atoms with Crippen LogP contribution in [0.1, 0.15) is 19.3 Å². The Hall–Kier alpha value is -1.06. The maximum Gasteiger partial charge on any atom is 0.0746 e. The Morgan fingerprint density at radius 1 is 1.07 bits per heavy atom. The van der Waals surface area contributed by atoms with Crippen molar-refractivity contribution in [2.45, 2.75) is 19.3 Å². The summed E-state index contributed by atoms with van der Waals surface area (Å²) in [5.41, 5.74) is 3.83. The number of anilines is 1. The first kappa shape index (κ1) is 11.0. The third-order valence-electron chi connectivity index (χ3n) is 1.87. The first-order valence-electron chi connectivity index (χ1n) is 4.97. The number of nitrogens with one attached hydrogen (secondary N) is 1. The third kappa shape index (κ3) is 4.84. The number of para-hydroxylation sites is 1. The fraction of sp³-hybridized carbons (Fsp3) is 0.455. The molecule has 0 spiro atoms. The van der Waals surface area contributed by atoms with E-state index >= 15 is 0 Å². The molecule has 0 aromatic heterocycles. The van der Waals surface area contributed by atoms with Crippen LogP contribution in [0.3, 0.4) is 0 Å². The van der Waals surface area contributed by atoms with Crippen molar-refractivity contribution in [3.05, 3.63) is 30.3 Å². The number of aliphatic hydroxyl groups is 1. The third-order valence-corrected chi connectivity index (χ3v) is 1.87. The van der Waals surface area contributed by atoms with Gasteiger partial charge in [-0.25, -0.2) is 0 Å². The van der Waals surface area contributed by atoms with Crippen molar-refractivity contribution < 1.29 is 9.94 Å². The van der Waals surface area contributed by atoms with Crippen LogP contribution in [-0.4, -0.2) is 18.3 Å². The molecule has 0 saturated heterocycles. The predicted molar refractivity (Wildman–Crippen MR) is 57.0 cm³/mol. The zero-order chi connectivity index (χ0) is 10.1. The van der Waals surface area contributed by atoms with Gasteiger partial charge in [0.1, 0.15) is 0 Å². The average molecular weight is 195 g/mol. The van der Waals surface area contributed by atoms with E-state index in [1.165, 1.54) is 0 Å². The van der Waals surface area contributed by atoms with E-state index < -0.39 is 0 Å². The van der Waals surface area contributed by atoms with Crippen LogP contribution in [-0.2, 0) is 4.84 Å². The molecule has 14 heavy (non-hydrogen) atoms. The van der Waals surface area contributed by atoms with Crippen LogP contribution in [0.15, 0.2) is 30.3 Å². The SMILES string of the molecule is OCCCCCONc1ccccc1. The van der Waals surface area contributed by atoms with Crippen LogP contribution in [0.4, 0.5) is 5.69 Å². The van der Waals surface area contributed by atoms with Gasteiger partial charge < -0.3 is 5.11 Å². The summed E-state index contributed by atoms with van der Waals surface area (Å²) in [7, 11) is 0. The zero-order valence-corrected chi connectivity index (χ0v) is 8.28. The van der Waals surface area contributed by atoms with Gasteiger partial charge in [-0.15, -0.1) is 0 Å². The fourth-order valence-corrected chi connectivity index (χ4v) is 1.10. The minimum absolute atomic E-state index is 0.270. The quantitative estimate of drug-likeness (QED) is 0.517. The monoisotopic (exact) mass is 195 g/mol. The van der Waals surface area contributed by atoms with Crippen LogP contribution in [0.25, 0.3) is 0 Å². The van der Waals surface area contributed by atoms with E-state index in [2.05, 4.69) is 5.48 Å². The highest BCUT2D eigenvalue weighted by atomic mass is 16.6. The molecule has 0 bridgehead atoms. The van der Waals surface area contributed by atoms with Gasteiger partial charge in [0.25, 0.3) is 0 Å². The molecule has 0 radical (unpaired) electrons. The minimum Gasteiger partial charge on any atom is -0.396 e. The van der Waals surface area contributed by atoms with Crippen LogP contribution < -0.4 is 5.48 Å². The molecular formula is C11H17NO2. The zero-order valence-electron chi connectivity index (χ0n) is 8.28. The first-order chi connectivity index (χ1) is 6.93. The minimum atomic E-state index is 0.270. The summed E-state index contributed by atoms with van der Waals surface area (Å²) in [6.07, 6.45) is 2.84. The number of hydrogen-bond donors (Lipinski definition) is 2. The lowest BCUT2D eigenvalue weighted by Crippen LogP contribution is -2.02.